The van der Waals surface area contributed by atoms with Crippen molar-refractivity contribution < 1.29 is 0 Å². The predicted molar refractivity (Wildman–Crippen MR) is 163 cm³/mol. The quantitative estimate of drug-likeness (QED) is 0.0845. The fourth-order valence-corrected chi connectivity index (χ4v) is 5.69. The molecular formula is C35H71. The molecule has 211 valence electrons. The van der Waals surface area contributed by atoms with Gasteiger partial charge in [0.2, 0.25) is 0 Å². The summed E-state index contributed by atoms with van der Waals surface area (Å²) in [6, 6.07) is 0. The van der Waals surface area contributed by atoms with Gasteiger partial charge in [-0.3, -0.25) is 0 Å². The van der Waals surface area contributed by atoms with E-state index in [1.54, 1.807) is 0 Å². The fraction of sp³-hybridized carbons (Fsp3) is 0.971. The number of unbranched alkanes of at least 4 members (excludes halogenated alkanes) is 26. The van der Waals surface area contributed by atoms with Gasteiger partial charge in [0.15, 0.2) is 0 Å². The fourth-order valence-electron chi connectivity index (χ4n) is 5.69. The minimum Gasteiger partial charge on any atom is -0.0654 e. The second-order valence-electron chi connectivity index (χ2n) is 11.9. The molecule has 0 aromatic heterocycles. The lowest BCUT2D eigenvalue weighted by Gasteiger charge is -2.14. The molecule has 0 rings (SSSR count). The lowest BCUT2D eigenvalue weighted by molar-refractivity contribution is 0.404. The van der Waals surface area contributed by atoms with Crippen LogP contribution < -0.4 is 0 Å². The molecule has 0 bridgehead atoms. The van der Waals surface area contributed by atoms with Crippen LogP contribution in [0, 0.1) is 12.8 Å². The van der Waals surface area contributed by atoms with Crippen LogP contribution >= 0.6 is 0 Å². The molecule has 0 atom stereocenters. The molecule has 0 aromatic rings. The van der Waals surface area contributed by atoms with Gasteiger partial charge in [0, 0.05) is 0 Å². The summed E-state index contributed by atoms with van der Waals surface area (Å²) in [4.78, 5) is 0. The summed E-state index contributed by atoms with van der Waals surface area (Å²) >= 11 is 0. The van der Waals surface area contributed by atoms with Gasteiger partial charge in [-0.1, -0.05) is 220 Å². The maximum Gasteiger partial charge on any atom is -0.0414 e. The third-order valence-electron chi connectivity index (χ3n) is 8.34. The zero-order valence-corrected chi connectivity index (χ0v) is 25.2. The Morgan fingerprint density at radius 1 is 0.314 bits per heavy atom. The summed E-state index contributed by atoms with van der Waals surface area (Å²) in [5, 5.41) is 0. The monoisotopic (exact) mass is 492 g/mol. The summed E-state index contributed by atoms with van der Waals surface area (Å²) in [6.07, 6.45) is 45.1. The van der Waals surface area contributed by atoms with Gasteiger partial charge in [0.25, 0.3) is 0 Å². The standard InChI is InChI=1S/C35H71/c1-4-7-9-11-13-15-17-19-21-23-25-27-29-31-33-35(6-3)34-32-30-28-26-24-22-20-18-16-14-12-10-8-5-2/h35H,3-34H2,1-2H3. The number of rotatable bonds is 31. The third kappa shape index (κ3) is 30.1. The molecule has 0 nitrogen and oxygen atoms in total. The summed E-state index contributed by atoms with van der Waals surface area (Å²) in [6.45, 7) is 8.87. The SMILES string of the molecule is [CH2]CC(CCCCCCCCCCCCCCCC)CCCCCCCCCCCCCCCC. The lowest BCUT2D eigenvalue weighted by atomic mass is 9.92. The Morgan fingerprint density at radius 2 is 0.514 bits per heavy atom. The molecule has 0 unspecified atom stereocenters. The van der Waals surface area contributed by atoms with Crippen molar-refractivity contribution in [2.45, 2.75) is 213 Å². The Kier molecular flexibility index (Phi) is 32.0. The van der Waals surface area contributed by atoms with E-state index in [1.165, 1.54) is 193 Å². The molecule has 1 radical (unpaired) electrons. The zero-order valence-electron chi connectivity index (χ0n) is 25.2. The van der Waals surface area contributed by atoms with Crippen LogP contribution in [0.2, 0.25) is 0 Å². The number of hydrogen-bond donors (Lipinski definition) is 0. The van der Waals surface area contributed by atoms with Crippen LogP contribution in [-0.2, 0) is 0 Å². The van der Waals surface area contributed by atoms with Crippen LogP contribution in [0.3, 0.4) is 0 Å². The highest BCUT2D eigenvalue weighted by molar-refractivity contribution is 4.62. The van der Waals surface area contributed by atoms with Crippen LogP contribution in [0.1, 0.15) is 213 Å². The summed E-state index contributed by atoms with van der Waals surface area (Å²) in [7, 11) is 0. The highest BCUT2D eigenvalue weighted by Crippen LogP contribution is 2.22. The summed E-state index contributed by atoms with van der Waals surface area (Å²) < 4.78 is 0. The van der Waals surface area contributed by atoms with E-state index < -0.39 is 0 Å². The highest BCUT2D eigenvalue weighted by Gasteiger charge is 2.06. The molecule has 0 aliphatic carbocycles. The van der Waals surface area contributed by atoms with Gasteiger partial charge in [-0.25, -0.2) is 0 Å². The summed E-state index contributed by atoms with van der Waals surface area (Å²) in [5.41, 5.74) is 0. The Balaban J connectivity index is 3.25. The van der Waals surface area contributed by atoms with Crippen LogP contribution in [0.15, 0.2) is 0 Å². The second kappa shape index (κ2) is 32.0. The van der Waals surface area contributed by atoms with Crippen molar-refractivity contribution in [3.63, 3.8) is 0 Å². The maximum atomic E-state index is 4.26. The Morgan fingerprint density at radius 3 is 0.714 bits per heavy atom. The van der Waals surface area contributed by atoms with Gasteiger partial charge >= 0.3 is 0 Å². The molecule has 0 heteroatoms. The van der Waals surface area contributed by atoms with E-state index in [9.17, 15) is 0 Å². The van der Waals surface area contributed by atoms with Gasteiger partial charge in [-0.15, -0.1) is 0 Å². The first-order valence-electron chi connectivity index (χ1n) is 17.1. The Bertz CT molecular complexity index is 314. The van der Waals surface area contributed by atoms with E-state index in [2.05, 4.69) is 20.8 Å². The number of hydrogen-bond acceptors (Lipinski definition) is 0. The predicted octanol–water partition coefficient (Wildman–Crippen LogP) is 13.6. The van der Waals surface area contributed by atoms with Gasteiger partial charge in [0.05, 0.1) is 0 Å². The minimum absolute atomic E-state index is 0.907. The molecule has 0 N–H and O–H groups in total. The van der Waals surface area contributed by atoms with E-state index >= 15 is 0 Å². The molecule has 0 amide bonds. The van der Waals surface area contributed by atoms with E-state index in [4.69, 9.17) is 0 Å². The largest absolute Gasteiger partial charge is 0.0654 e. The normalized spacial score (nSPS) is 11.7. The molecule has 0 aromatic carbocycles. The molecule has 0 aliphatic rings. The third-order valence-corrected chi connectivity index (χ3v) is 8.34. The molecule has 35 heavy (non-hydrogen) atoms. The average molecular weight is 492 g/mol. The zero-order chi connectivity index (χ0) is 25.5. The average Bonchev–Trinajstić information content (AvgIpc) is 2.87. The lowest BCUT2D eigenvalue weighted by Crippen LogP contribution is -1.99. The first-order valence-corrected chi connectivity index (χ1v) is 17.1. The minimum atomic E-state index is 0.907. The molecular weight excluding hydrogens is 420 g/mol. The second-order valence-corrected chi connectivity index (χ2v) is 11.9. The first-order chi connectivity index (χ1) is 17.3. The molecule has 0 heterocycles. The highest BCUT2D eigenvalue weighted by atomic mass is 14.1. The van der Waals surface area contributed by atoms with E-state index in [1.807, 2.05) is 0 Å². The van der Waals surface area contributed by atoms with Gasteiger partial charge < -0.3 is 0 Å². The summed E-state index contributed by atoms with van der Waals surface area (Å²) in [5.74, 6) is 0.907. The topological polar surface area (TPSA) is 0 Å². The van der Waals surface area contributed by atoms with Crippen molar-refractivity contribution in [1.29, 1.82) is 0 Å². The van der Waals surface area contributed by atoms with E-state index in [0.717, 1.165) is 12.3 Å². The molecule has 0 saturated carbocycles. The van der Waals surface area contributed by atoms with Crippen LogP contribution in [0.25, 0.3) is 0 Å². The van der Waals surface area contributed by atoms with E-state index in [0.29, 0.717) is 0 Å². The van der Waals surface area contributed by atoms with Crippen LogP contribution in [0.4, 0.5) is 0 Å². The van der Waals surface area contributed by atoms with Gasteiger partial charge in [-0.05, 0) is 5.92 Å². The molecule has 0 aliphatic heterocycles. The van der Waals surface area contributed by atoms with E-state index in [-0.39, 0.29) is 0 Å². The Labute approximate surface area is 225 Å². The van der Waals surface area contributed by atoms with Crippen molar-refractivity contribution in [2.24, 2.45) is 5.92 Å². The van der Waals surface area contributed by atoms with Crippen LogP contribution in [-0.4, -0.2) is 0 Å². The van der Waals surface area contributed by atoms with Gasteiger partial charge in [-0.2, -0.15) is 0 Å². The molecule has 0 fully saturated rings. The van der Waals surface area contributed by atoms with Gasteiger partial charge in [0.1, 0.15) is 0 Å². The smallest absolute Gasteiger partial charge is 0.0414 e. The van der Waals surface area contributed by atoms with Crippen molar-refractivity contribution in [2.75, 3.05) is 0 Å². The molecule has 0 saturated heterocycles. The van der Waals surface area contributed by atoms with Crippen molar-refractivity contribution >= 4 is 0 Å². The van der Waals surface area contributed by atoms with Crippen molar-refractivity contribution in [3.05, 3.63) is 6.92 Å². The first kappa shape index (κ1) is 35.0. The maximum absolute atomic E-state index is 4.26. The molecule has 0 spiro atoms. The Hall–Kier alpha value is 0. The van der Waals surface area contributed by atoms with Crippen molar-refractivity contribution in [1.82, 2.24) is 0 Å². The van der Waals surface area contributed by atoms with Crippen molar-refractivity contribution in [3.8, 4) is 0 Å². The van der Waals surface area contributed by atoms with Crippen LogP contribution in [0.5, 0.6) is 0 Å².